The maximum absolute atomic E-state index is 10.6. The first-order chi connectivity index (χ1) is 9.10. The highest BCUT2D eigenvalue weighted by molar-refractivity contribution is 7.09. The monoisotopic (exact) mass is 280 g/mol. The molecule has 7 heteroatoms. The van der Waals surface area contributed by atoms with Crippen molar-refractivity contribution in [2.45, 2.75) is 20.1 Å². The molecule has 2 aromatic rings. The average Bonchev–Trinajstić information content (AvgIpc) is 2.81. The smallest absolute Gasteiger partial charge is 0.270 e. The largest absolute Gasteiger partial charge is 0.487 e. The van der Waals surface area contributed by atoms with E-state index < -0.39 is 4.92 Å². The van der Waals surface area contributed by atoms with E-state index in [1.165, 1.54) is 29.5 Å². The van der Waals surface area contributed by atoms with Gasteiger partial charge in [-0.3, -0.25) is 10.1 Å². The second-order valence-electron chi connectivity index (χ2n) is 3.85. The maximum atomic E-state index is 10.6. The molecule has 0 bridgehead atoms. The summed E-state index contributed by atoms with van der Waals surface area (Å²) in [6.45, 7) is 1.86. The number of nitro groups is 1. The van der Waals surface area contributed by atoms with Gasteiger partial charge < -0.3 is 9.84 Å². The van der Waals surface area contributed by atoms with E-state index in [2.05, 4.69) is 4.98 Å². The molecule has 1 heterocycles. The van der Waals surface area contributed by atoms with Gasteiger partial charge in [-0.2, -0.15) is 0 Å². The molecule has 0 saturated heterocycles. The molecule has 19 heavy (non-hydrogen) atoms. The zero-order valence-corrected chi connectivity index (χ0v) is 11.0. The maximum Gasteiger partial charge on any atom is 0.270 e. The van der Waals surface area contributed by atoms with Crippen LogP contribution in [0.15, 0.2) is 23.6 Å². The number of nitro benzene ring substituents is 1. The molecule has 0 unspecified atom stereocenters. The molecule has 1 aromatic carbocycles. The van der Waals surface area contributed by atoms with E-state index in [4.69, 9.17) is 4.74 Å². The van der Waals surface area contributed by atoms with Gasteiger partial charge in [-0.05, 0) is 13.0 Å². The van der Waals surface area contributed by atoms with E-state index in [0.717, 1.165) is 10.7 Å². The fraction of sp³-hybridized carbons (Fsp3) is 0.250. The Morgan fingerprint density at radius 2 is 2.32 bits per heavy atom. The second kappa shape index (κ2) is 5.77. The van der Waals surface area contributed by atoms with Gasteiger partial charge in [0.25, 0.3) is 5.69 Å². The summed E-state index contributed by atoms with van der Waals surface area (Å²) in [6, 6.07) is 4.14. The zero-order valence-electron chi connectivity index (χ0n) is 10.2. The van der Waals surface area contributed by atoms with Crippen molar-refractivity contribution in [3.05, 3.63) is 50.0 Å². The molecular weight excluding hydrogens is 268 g/mol. The van der Waals surface area contributed by atoms with E-state index in [9.17, 15) is 15.2 Å². The van der Waals surface area contributed by atoms with Crippen LogP contribution in [0.3, 0.4) is 0 Å². The summed E-state index contributed by atoms with van der Waals surface area (Å²) in [7, 11) is 0. The van der Waals surface area contributed by atoms with Gasteiger partial charge in [0.1, 0.15) is 12.4 Å². The Kier molecular flexibility index (Phi) is 4.08. The van der Waals surface area contributed by atoms with Crippen LogP contribution in [0.5, 0.6) is 5.75 Å². The molecule has 0 amide bonds. The summed E-state index contributed by atoms with van der Waals surface area (Å²) >= 11 is 1.53. The lowest BCUT2D eigenvalue weighted by molar-refractivity contribution is -0.385. The highest BCUT2D eigenvalue weighted by Gasteiger charge is 2.11. The summed E-state index contributed by atoms with van der Waals surface area (Å²) in [5, 5.41) is 22.7. The third-order valence-electron chi connectivity index (χ3n) is 2.47. The molecule has 0 radical (unpaired) electrons. The van der Waals surface area contributed by atoms with E-state index in [1.54, 1.807) is 0 Å². The van der Waals surface area contributed by atoms with Crippen LogP contribution in [0, 0.1) is 17.0 Å². The standard InChI is InChI=1S/C12H12N2O4S/c1-8-13-10(7-19-8)6-18-12-3-2-11(14(16)17)4-9(12)5-15/h2-4,7,15H,5-6H2,1H3. The number of aliphatic hydroxyl groups excluding tert-OH is 1. The summed E-state index contributed by atoms with van der Waals surface area (Å²) in [5.74, 6) is 0.429. The number of benzene rings is 1. The Bertz CT molecular complexity index is 597. The molecule has 0 saturated carbocycles. The molecule has 1 aromatic heterocycles. The Balaban J connectivity index is 2.13. The van der Waals surface area contributed by atoms with Gasteiger partial charge in [0, 0.05) is 23.1 Å². The van der Waals surface area contributed by atoms with Gasteiger partial charge in [-0.15, -0.1) is 11.3 Å². The van der Waals surface area contributed by atoms with Gasteiger partial charge in [-0.25, -0.2) is 4.98 Å². The van der Waals surface area contributed by atoms with Crippen LogP contribution < -0.4 is 4.74 Å². The van der Waals surface area contributed by atoms with Gasteiger partial charge >= 0.3 is 0 Å². The fourth-order valence-electron chi connectivity index (χ4n) is 1.57. The van der Waals surface area contributed by atoms with E-state index in [1.807, 2.05) is 12.3 Å². The van der Waals surface area contributed by atoms with Crippen LogP contribution in [0.2, 0.25) is 0 Å². The van der Waals surface area contributed by atoms with Crippen molar-refractivity contribution in [3.8, 4) is 5.75 Å². The Morgan fingerprint density at radius 1 is 1.53 bits per heavy atom. The number of hydrogen-bond acceptors (Lipinski definition) is 6. The molecule has 0 spiro atoms. The highest BCUT2D eigenvalue weighted by atomic mass is 32.1. The molecule has 0 aliphatic carbocycles. The molecule has 0 aliphatic rings. The summed E-state index contributed by atoms with van der Waals surface area (Å²) in [6.07, 6.45) is 0. The molecule has 0 aliphatic heterocycles. The van der Waals surface area contributed by atoms with E-state index >= 15 is 0 Å². The molecule has 2 rings (SSSR count). The lowest BCUT2D eigenvalue weighted by Crippen LogP contribution is -2.00. The third kappa shape index (κ3) is 3.27. The summed E-state index contributed by atoms with van der Waals surface area (Å²) in [4.78, 5) is 14.4. The number of thiazole rings is 1. The number of non-ortho nitro benzene ring substituents is 1. The predicted molar refractivity (Wildman–Crippen MR) is 70.2 cm³/mol. The molecule has 1 N–H and O–H groups in total. The first-order valence-electron chi connectivity index (χ1n) is 5.52. The van der Waals surface area contributed by atoms with Crippen LogP contribution in [-0.4, -0.2) is 15.0 Å². The Hall–Kier alpha value is -1.99. The molecular formula is C12H12N2O4S. The van der Waals surface area contributed by atoms with Crippen molar-refractivity contribution in [1.29, 1.82) is 0 Å². The highest BCUT2D eigenvalue weighted by Crippen LogP contribution is 2.25. The SMILES string of the molecule is Cc1nc(COc2ccc([N+](=O)[O-])cc2CO)cs1. The minimum absolute atomic E-state index is 0.0686. The number of aryl methyl sites for hydroxylation is 1. The second-order valence-corrected chi connectivity index (χ2v) is 4.92. The number of rotatable bonds is 5. The first-order valence-corrected chi connectivity index (χ1v) is 6.40. The van der Waals surface area contributed by atoms with Crippen molar-refractivity contribution in [3.63, 3.8) is 0 Å². The lowest BCUT2D eigenvalue weighted by Gasteiger charge is -2.08. The summed E-state index contributed by atoms with van der Waals surface area (Å²) in [5.41, 5.74) is 1.12. The normalized spacial score (nSPS) is 10.4. The molecule has 100 valence electrons. The van der Waals surface area contributed by atoms with Gasteiger partial charge in [0.2, 0.25) is 0 Å². The van der Waals surface area contributed by atoms with Crippen LogP contribution in [0.1, 0.15) is 16.3 Å². The summed E-state index contributed by atoms with van der Waals surface area (Å²) < 4.78 is 5.52. The number of aromatic nitrogens is 1. The molecule has 6 nitrogen and oxygen atoms in total. The van der Waals surface area contributed by atoms with Crippen LogP contribution in [0.4, 0.5) is 5.69 Å². The first kappa shape index (κ1) is 13.4. The minimum atomic E-state index is -0.507. The van der Waals surface area contributed by atoms with E-state index in [0.29, 0.717) is 11.3 Å². The van der Waals surface area contributed by atoms with Gasteiger partial charge in [0.05, 0.1) is 22.2 Å². The van der Waals surface area contributed by atoms with Crippen molar-refractivity contribution < 1.29 is 14.8 Å². The van der Waals surface area contributed by atoms with Gasteiger partial charge in [-0.1, -0.05) is 0 Å². The average molecular weight is 280 g/mol. The van der Waals surface area contributed by atoms with Crippen LogP contribution in [0.25, 0.3) is 0 Å². The minimum Gasteiger partial charge on any atom is -0.487 e. The lowest BCUT2D eigenvalue weighted by atomic mass is 10.2. The fourth-order valence-corrected chi connectivity index (χ4v) is 2.17. The third-order valence-corrected chi connectivity index (χ3v) is 3.29. The quantitative estimate of drug-likeness (QED) is 0.671. The van der Waals surface area contributed by atoms with Crippen molar-refractivity contribution in [1.82, 2.24) is 4.98 Å². The van der Waals surface area contributed by atoms with Crippen molar-refractivity contribution in [2.75, 3.05) is 0 Å². The molecule has 0 atom stereocenters. The topological polar surface area (TPSA) is 85.5 Å². The predicted octanol–water partition coefficient (Wildman–Crippen LogP) is 2.43. The zero-order chi connectivity index (χ0) is 13.8. The molecule has 0 fully saturated rings. The van der Waals surface area contributed by atoms with Crippen molar-refractivity contribution >= 4 is 17.0 Å². The number of hydrogen-bond donors (Lipinski definition) is 1. The van der Waals surface area contributed by atoms with E-state index in [-0.39, 0.29) is 18.9 Å². The van der Waals surface area contributed by atoms with Crippen LogP contribution in [-0.2, 0) is 13.2 Å². The number of ether oxygens (including phenoxy) is 1. The van der Waals surface area contributed by atoms with Gasteiger partial charge in [0.15, 0.2) is 0 Å². The van der Waals surface area contributed by atoms with Crippen molar-refractivity contribution in [2.24, 2.45) is 0 Å². The van der Waals surface area contributed by atoms with Crippen LogP contribution >= 0.6 is 11.3 Å². The number of nitrogens with zero attached hydrogens (tertiary/aromatic N) is 2. The Morgan fingerprint density at radius 3 is 2.89 bits per heavy atom. The number of aliphatic hydroxyl groups is 1. The Labute approximate surface area is 113 Å².